The maximum Gasteiger partial charge on any atom is 0.418 e. The lowest BCUT2D eigenvalue weighted by molar-refractivity contribution is -0.136. The average Bonchev–Trinajstić information content (AvgIpc) is 2.71. The molecule has 1 aliphatic rings. The fourth-order valence-electron chi connectivity index (χ4n) is 2.96. The summed E-state index contributed by atoms with van der Waals surface area (Å²) in [5.74, 6) is -0.319. The summed E-state index contributed by atoms with van der Waals surface area (Å²) in [6.45, 7) is 1.85. The van der Waals surface area contributed by atoms with Gasteiger partial charge in [-0.3, -0.25) is 4.79 Å². The van der Waals surface area contributed by atoms with Crippen molar-refractivity contribution in [3.63, 3.8) is 0 Å². The summed E-state index contributed by atoms with van der Waals surface area (Å²) in [6.07, 6.45) is -4.78. The Bertz CT molecular complexity index is 903. The number of rotatable bonds is 6. The molecular weight excluding hydrogens is 444 g/mol. The molecule has 2 aromatic carbocycles. The van der Waals surface area contributed by atoms with Gasteiger partial charge in [0.2, 0.25) is 5.91 Å². The third kappa shape index (κ3) is 5.71. The van der Waals surface area contributed by atoms with Crippen LogP contribution in [0.3, 0.4) is 0 Å². The predicted molar refractivity (Wildman–Crippen MR) is 110 cm³/mol. The molecule has 1 heterocycles. The van der Waals surface area contributed by atoms with E-state index >= 15 is 0 Å². The Kier molecular flexibility index (Phi) is 7.33. The monoisotopic (exact) mass is 462 g/mol. The summed E-state index contributed by atoms with van der Waals surface area (Å²) in [6, 6.07) is 8.66. The van der Waals surface area contributed by atoms with Gasteiger partial charge in [0, 0.05) is 18.8 Å². The fraction of sp³-hybridized carbons (Fsp3) is 0.350. The van der Waals surface area contributed by atoms with E-state index in [1.807, 2.05) is 4.90 Å². The van der Waals surface area contributed by atoms with Crippen molar-refractivity contribution in [3.05, 3.63) is 52.0 Å². The first-order chi connectivity index (χ1) is 14.3. The van der Waals surface area contributed by atoms with E-state index in [0.717, 1.165) is 6.07 Å². The average molecular weight is 463 g/mol. The third-order valence-electron chi connectivity index (χ3n) is 4.46. The minimum atomic E-state index is -4.62. The molecule has 1 saturated heterocycles. The highest BCUT2D eigenvalue weighted by Crippen LogP contribution is 2.37. The Morgan fingerprint density at radius 3 is 2.60 bits per heavy atom. The van der Waals surface area contributed by atoms with Gasteiger partial charge in [-0.15, -0.1) is 0 Å². The number of alkyl halides is 3. The lowest BCUT2D eigenvalue weighted by atomic mass is 10.1. The zero-order valence-electron chi connectivity index (χ0n) is 15.8. The van der Waals surface area contributed by atoms with Crippen molar-refractivity contribution in [2.75, 3.05) is 43.1 Å². The highest BCUT2D eigenvalue weighted by molar-refractivity contribution is 6.42. The topological polar surface area (TPSA) is 50.8 Å². The van der Waals surface area contributed by atoms with Crippen LogP contribution in [0.15, 0.2) is 36.4 Å². The molecule has 30 heavy (non-hydrogen) atoms. The Morgan fingerprint density at radius 2 is 1.90 bits per heavy atom. The normalized spacial score (nSPS) is 14.5. The molecule has 2 aromatic rings. The predicted octanol–water partition coefficient (Wildman–Crippen LogP) is 5.26. The second-order valence-corrected chi connectivity index (χ2v) is 7.31. The number of nitrogens with one attached hydrogen (secondary N) is 1. The molecule has 3 rings (SSSR count). The molecule has 1 aliphatic heterocycles. The molecule has 5 nitrogen and oxygen atoms in total. The highest BCUT2D eigenvalue weighted by atomic mass is 35.5. The molecule has 0 atom stereocenters. The summed E-state index contributed by atoms with van der Waals surface area (Å²) < 4.78 is 51.3. The molecule has 1 fully saturated rings. The maximum absolute atomic E-state index is 13.6. The molecule has 162 valence electrons. The van der Waals surface area contributed by atoms with E-state index in [4.69, 9.17) is 32.7 Å². The molecule has 1 N–H and O–H groups in total. The Morgan fingerprint density at radius 1 is 1.17 bits per heavy atom. The van der Waals surface area contributed by atoms with Crippen LogP contribution in [0.4, 0.5) is 24.5 Å². The molecule has 0 unspecified atom stereocenters. The van der Waals surface area contributed by atoms with E-state index in [2.05, 4.69) is 5.32 Å². The standard InChI is InChI=1S/C20H19Cl2F3N2O3/c21-15-2-1-3-17(19(15)22)30-9-6-18(28)26-16-5-4-13(12-14(16)20(23,24)25)27-7-10-29-11-8-27/h1-5,12H,6-11H2,(H,26,28). The number of benzene rings is 2. The molecule has 0 aliphatic carbocycles. The second-order valence-electron chi connectivity index (χ2n) is 6.53. The number of anilines is 2. The second kappa shape index (κ2) is 9.76. The van der Waals surface area contributed by atoms with Crippen molar-refractivity contribution in [1.82, 2.24) is 0 Å². The molecule has 0 bridgehead atoms. The maximum atomic E-state index is 13.6. The van der Waals surface area contributed by atoms with Crippen LogP contribution in [-0.4, -0.2) is 38.8 Å². The van der Waals surface area contributed by atoms with Crippen LogP contribution in [0.25, 0.3) is 0 Å². The van der Waals surface area contributed by atoms with Crippen LogP contribution in [0.2, 0.25) is 10.0 Å². The summed E-state index contributed by atoms with van der Waals surface area (Å²) >= 11 is 11.9. The van der Waals surface area contributed by atoms with E-state index in [1.54, 1.807) is 24.3 Å². The Balaban J connectivity index is 1.65. The zero-order valence-corrected chi connectivity index (χ0v) is 17.3. The lowest BCUT2D eigenvalue weighted by Gasteiger charge is -2.29. The van der Waals surface area contributed by atoms with Crippen LogP contribution in [0, 0.1) is 0 Å². The van der Waals surface area contributed by atoms with Gasteiger partial charge in [-0.1, -0.05) is 29.3 Å². The molecular formula is C20H19Cl2F3N2O3. The first-order valence-corrected chi connectivity index (χ1v) is 9.92. The number of carbonyl (C=O) groups is 1. The summed E-state index contributed by atoms with van der Waals surface area (Å²) in [5, 5.41) is 2.82. The Labute approximate surface area is 181 Å². The quantitative estimate of drug-likeness (QED) is 0.636. The van der Waals surface area contributed by atoms with Crippen LogP contribution in [0.5, 0.6) is 5.75 Å². The number of carbonyl (C=O) groups excluding carboxylic acids is 1. The molecule has 0 radical (unpaired) electrons. The van der Waals surface area contributed by atoms with Crippen molar-refractivity contribution >= 4 is 40.5 Å². The van der Waals surface area contributed by atoms with Gasteiger partial charge in [0.25, 0.3) is 0 Å². The summed E-state index contributed by atoms with van der Waals surface area (Å²) in [4.78, 5) is 14.0. The fourth-order valence-corrected chi connectivity index (χ4v) is 3.30. The van der Waals surface area contributed by atoms with E-state index < -0.39 is 17.6 Å². The molecule has 0 saturated carbocycles. The van der Waals surface area contributed by atoms with Crippen LogP contribution >= 0.6 is 23.2 Å². The highest BCUT2D eigenvalue weighted by Gasteiger charge is 2.34. The van der Waals surface area contributed by atoms with Crippen molar-refractivity contribution in [1.29, 1.82) is 0 Å². The number of hydrogen-bond donors (Lipinski definition) is 1. The van der Waals surface area contributed by atoms with Gasteiger partial charge in [-0.25, -0.2) is 0 Å². The molecule has 10 heteroatoms. The van der Waals surface area contributed by atoms with Gasteiger partial charge >= 0.3 is 6.18 Å². The number of morpholine rings is 1. The van der Waals surface area contributed by atoms with Crippen molar-refractivity contribution in [2.45, 2.75) is 12.6 Å². The number of ether oxygens (including phenoxy) is 2. The molecule has 1 amide bonds. The smallest absolute Gasteiger partial charge is 0.418 e. The van der Waals surface area contributed by atoms with Crippen molar-refractivity contribution in [2.24, 2.45) is 0 Å². The van der Waals surface area contributed by atoms with Gasteiger partial charge in [-0.2, -0.15) is 13.2 Å². The van der Waals surface area contributed by atoms with Crippen molar-refractivity contribution < 1.29 is 27.4 Å². The van der Waals surface area contributed by atoms with Gasteiger partial charge < -0.3 is 19.7 Å². The first-order valence-electron chi connectivity index (χ1n) is 9.16. The van der Waals surface area contributed by atoms with Gasteiger partial charge in [0.15, 0.2) is 0 Å². The van der Waals surface area contributed by atoms with Crippen LogP contribution < -0.4 is 15.0 Å². The summed E-state index contributed by atoms with van der Waals surface area (Å²) in [7, 11) is 0. The van der Waals surface area contributed by atoms with E-state index in [-0.39, 0.29) is 23.7 Å². The van der Waals surface area contributed by atoms with Crippen LogP contribution in [-0.2, 0) is 15.7 Å². The zero-order chi connectivity index (χ0) is 21.7. The number of hydrogen-bond acceptors (Lipinski definition) is 4. The van der Waals surface area contributed by atoms with E-state index in [9.17, 15) is 18.0 Å². The van der Waals surface area contributed by atoms with Gasteiger partial charge in [-0.05, 0) is 30.3 Å². The molecule has 0 aromatic heterocycles. The van der Waals surface area contributed by atoms with Gasteiger partial charge in [0.05, 0.1) is 42.5 Å². The third-order valence-corrected chi connectivity index (χ3v) is 5.26. The van der Waals surface area contributed by atoms with E-state index in [1.165, 1.54) is 6.07 Å². The number of nitrogens with zero attached hydrogens (tertiary/aromatic N) is 1. The van der Waals surface area contributed by atoms with Crippen LogP contribution in [0.1, 0.15) is 12.0 Å². The van der Waals surface area contributed by atoms with Crippen molar-refractivity contribution in [3.8, 4) is 5.75 Å². The summed E-state index contributed by atoms with van der Waals surface area (Å²) in [5.41, 5.74) is -0.772. The minimum Gasteiger partial charge on any atom is -0.491 e. The molecule has 0 spiro atoms. The number of halogens is 5. The Hall–Kier alpha value is -2.16. The van der Waals surface area contributed by atoms with E-state index in [0.29, 0.717) is 42.8 Å². The SMILES string of the molecule is O=C(CCOc1cccc(Cl)c1Cl)Nc1ccc(N2CCOCC2)cc1C(F)(F)F. The lowest BCUT2D eigenvalue weighted by Crippen LogP contribution is -2.36. The van der Waals surface area contributed by atoms with Gasteiger partial charge in [0.1, 0.15) is 10.8 Å². The minimum absolute atomic E-state index is 0.0703. The first kappa shape index (κ1) is 22.5. The largest absolute Gasteiger partial charge is 0.491 e. The number of amides is 1.